The topological polar surface area (TPSA) is 64.9 Å². The van der Waals surface area contributed by atoms with Crippen molar-refractivity contribution in [1.82, 2.24) is 4.98 Å². The number of hydrogen-bond acceptors (Lipinski definition) is 3. The van der Waals surface area contributed by atoms with Crippen molar-refractivity contribution in [2.45, 2.75) is 13.8 Å². The van der Waals surface area contributed by atoms with Gasteiger partial charge in [0.1, 0.15) is 0 Å². The zero-order valence-corrected chi connectivity index (χ0v) is 11.7. The summed E-state index contributed by atoms with van der Waals surface area (Å²) in [5.74, 6) is 0. The van der Waals surface area contributed by atoms with E-state index in [1.165, 1.54) is 0 Å². The molecule has 0 spiro atoms. The van der Waals surface area contributed by atoms with Gasteiger partial charge in [0.25, 0.3) is 0 Å². The average Bonchev–Trinajstić information content (AvgIpc) is 2.31. The summed E-state index contributed by atoms with van der Waals surface area (Å²) >= 11 is 0. The third kappa shape index (κ3) is 2.17. The number of nitrogen functional groups attached to an aromatic ring is 2. The molecule has 0 fully saturated rings. The Labute approximate surface area is 118 Å². The maximum absolute atomic E-state index is 5.92. The third-order valence-electron chi connectivity index (χ3n) is 3.38. The van der Waals surface area contributed by atoms with E-state index in [2.05, 4.69) is 23.2 Å². The Morgan fingerprint density at radius 3 is 1.58 bits per heavy atom. The molecular formula is C15H16ClN3. The minimum atomic E-state index is 0. The Morgan fingerprint density at radius 1 is 0.737 bits per heavy atom. The van der Waals surface area contributed by atoms with Crippen molar-refractivity contribution in [3.05, 3.63) is 41.5 Å². The summed E-state index contributed by atoms with van der Waals surface area (Å²) in [7, 11) is 0. The molecule has 3 nitrogen and oxygen atoms in total. The van der Waals surface area contributed by atoms with Crippen molar-refractivity contribution in [2.24, 2.45) is 0 Å². The van der Waals surface area contributed by atoms with Crippen LogP contribution in [0.3, 0.4) is 0 Å². The molecule has 4 N–H and O–H groups in total. The summed E-state index contributed by atoms with van der Waals surface area (Å²) in [6.07, 6.45) is 0. The van der Waals surface area contributed by atoms with Crippen molar-refractivity contribution < 1.29 is 0 Å². The maximum atomic E-state index is 5.92. The average molecular weight is 274 g/mol. The van der Waals surface area contributed by atoms with Crippen LogP contribution in [0.15, 0.2) is 30.3 Å². The van der Waals surface area contributed by atoms with E-state index in [0.717, 1.165) is 44.3 Å². The van der Waals surface area contributed by atoms with Crippen molar-refractivity contribution in [3.63, 3.8) is 0 Å². The first-order valence-electron chi connectivity index (χ1n) is 5.91. The van der Waals surface area contributed by atoms with E-state index in [-0.39, 0.29) is 12.4 Å². The Morgan fingerprint density at radius 2 is 1.16 bits per heavy atom. The van der Waals surface area contributed by atoms with Crippen LogP contribution >= 0.6 is 12.4 Å². The molecule has 0 amide bonds. The lowest BCUT2D eigenvalue weighted by molar-refractivity contribution is 1.43. The van der Waals surface area contributed by atoms with Crippen molar-refractivity contribution >= 4 is 45.6 Å². The maximum Gasteiger partial charge on any atom is 0.0730 e. The minimum absolute atomic E-state index is 0. The highest BCUT2D eigenvalue weighted by Crippen LogP contribution is 2.26. The molecule has 1 heterocycles. The Kier molecular flexibility index (Phi) is 3.25. The van der Waals surface area contributed by atoms with Gasteiger partial charge in [-0.3, -0.25) is 0 Å². The van der Waals surface area contributed by atoms with Crippen LogP contribution in [0, 0.1) is 13.8 Å². The molecule has 98 valence electrons. The number of aryl methyl sites for hydroxylation is 2. The molecule has 0 aliphatic carbocycles. The number of pyridine rings is 1. The summed E-state index contributed by atoms with van der Waals surface area (Å²) in [5, 5.41) is 2.22. The van der Waals surface area contributed by atoms with Gasteiger partial charge in [0.05, 0.1) is 11.0 Å². The predicted molar refractivity (Wildman–Crippen MR) is 84.8 cm³/mol. The van der Waals surface area contributed by atoms with Gasteiger partial charge in [-0.25, -0.2) is 4.98 Å². The molecule has 4 heteroatoms. The summed E-state index contributed by atoms with van der Waals surface area (Å²) in [5.41, 5.74) is 17.4. The smallest absolute Gasteiger partial charge is 0.0730 e. The van der Waals surface area contributed by atoms with E-state index >= 15 is 0 Å². The van der Waals surface area contributed by atoms with Crippen LogP contribution in [0.1, 0.15) is 11.1 Å². The first kappa shape index (κ1) is 13.4. The molecule has 0 unspecified atom stereocenters. The minimum Gasteiger partial charge on any atom is -0.398 e. The molecule has 3 rings (SSSR count). The Balaban J connectivity index is 0.00000133. The zero-order chi connectivity index (χ0) is 12.9. The van der Waals surface area contributed by atoms with Gasteiger partial charge in [-0.05, 0) is 55.3 Å². The van der Waals surface area contributed by atoms with Gasteiger partial charge in [0.15, 0.2) is 0 Å². The summed E-state index contributed by atoms with van der Waals surface area (Å²) in [6, 6.07) is 10.1. The number of rotatable bonds is 0. The molecule has 1 aromatic heterocycles. The normalized spacial score (nSPS) is 10.6. The highest BCUT2D eigenvalue weighted by molar-refractivity contribution is 5.96. The quantitative estimate of drug-likeness (QED) is 0.486. The first-order chi connectivity index (χ1) is 8.54. The van der Waals surface area contributed by atoms with E-state index in [9.17, 15) is 0 Å². The summed E-state index contributed by atoms with van der Waals surface area (Å²) in [6.45, 7) is 4.01. The number of aromatic nitrogens is 1. The summed E-state index contributed by atoms with van der Waals surface area (Å²) in [4.78, 5) is 4.62. The van der Waals surface area contributed by atoms with E-state index in [1.807, 2.05) is 26.0 Å². The third-order valence-corrected chi connectivity index (χ3v) is 3.38. The number of hydrogen-bond donors (Lipinski definition) is 2. The van der Waals surface area contributed by atoms with E-state index in [1.54, 1.807) is 0 Å². The van der Waals surface area contributed by atoms with Gasteiger partial charge in [-0.1, -0.05) is 0 Å². The van der Waals surface area contributed by atoms with E-state index in [4.69, 9.17) is 11.5 Å². The number of nitrogens with two attached hydrogens (primary N) is 2. The molecule has 0 aliphatic rings. The van der Waals surface area contributed by atoms with Crippen LogP contribution in [-0.2, 0) is 0 Å². The van der Waals surface area contributed by atoms with Gasteiger partial charge < -0.3 is 11.5 Å². The molecule has 0 radical (unpaired) electrons. The fourth-order valence-corrected chi connectivity index (χ4v) is 2.19. The van der Waals surface area contributed by atoms with Crippen LogP contribution in [0.2, 0.25) is 0 Å². The molecule has 19 heavy (non-hydrogen) atoms. The predicted octanol–water partition coefficient (Wildman–Crippen LogP) is 3.59. The molecule has 0 saturated heterocycles. The molecule has 3 aromatic rings. The second-order valence-electron chi connectivity index (χ2n) is 4.79. The molecule has 0 saturated carbocycles. The second-order valence-corrected chi connectivity index (χ2v) is 4.79. The van der Waals surface area contributed by atoms with Crippen molar-refractivity contribution in [2.75, 3.05) is 11.5 Å². The number of fused-ring (bicyclic) bond motifs is 2. The monoisotopic (exact) mass is 273 g/mol. The molecular weight excluding hydrogens is 258 g/mol. The van der Waals surface area contributed by atoms with E-state index in [0.29, 0.717) is 0 Å². The number of nitrogens with zero attached hydrogens (tertiary/aromatic N) is 1. The van der Waals surface area contributed by atoms with Crippen LogP contribution in [0.4, 0.5) is 11.4 Å². The molecule has 2 aromatic carbocycles. The van der Waals surface area contributed by atoms with Crippen LogP contribution in [-0.4, -0.2) is 4.98 Å². The highest BCUT2D eigenvalue weighted by Gasteiger charge is 2.04. The highest BCUT2D eigenvalue weighted by atomic mass is 35.5. The number of benzene rings is 2. The summed E-state index contributed by atoms with van der Waals surface area (Å²) < 4.78 is 0. The second kappa shape index (κ2) is 4.59. The van der Waals surface area contributed by atoms with Gasteiger partial charge in [-0.15, -0.1) is 12.4 Å². The SMILES string of the molecule is Cc1cc2cc3cc(C)c(N)cc3nc2cc1N.Cl. The van der Waals surface area contributed by atoms with Gasteiger partial charge in [-0.2, -0.15) is 0 Å². The first-order valence-corrected chi connectivity index (χ1v) is 5.91. The Bertz CT molecular complexity index is 652. The lowest BCUT2D eigenvalue weighted by Crippen LogP contribution is -1.93. The zero-order valence-electron chi connectivity index (χ0n) is 10.9. The van der Waals surface area contributed by atoms with Gasteiger partial charge in [0.2, 0.25) is 0 Å². The molecule has 0 aliphatic heterocycles. The van der Waals surface area contributed by atoms with Gasteiger partial charge >= 0.3 is 0 Å². The van der Waals surface area contributed by atoms with Crippen molar-refractivity contribution in [3.8, 4) is 0 Å². The van der Waals surface area contributed by atoms with Crippen molar-refractivity contribution in [1.29, 1.82) is 0 Å². The number of halogens is 1. The van der Waals surface area contributed by atoms with Crippen LogP contribution in [0.5, 0.6) is 0 Å². The lowest BCUT2D eigenvalue weighted by atomic mass is 10.1. The fourth-order valence-electron chi connectivity index (χ4n) is 2.19. The molecule has 0 bridgehead atoms. The standard InChI is InChI=1S/C15H15N3.ClH/c1-8-3-10-5-11-4-9(2)13(17)7-15(11)18-14(10)6-12(8)16;/h3-7H,16-17H2,1-2H3;1H. The lowest BCUT2D eigenvalue weighted by Gasteiger charge is -2.07. The van der Waals surface area contributed by atoms with Crippen LogP contribution < -0.4 is 11.5 Å². The van der Waals surface area contributed by atoms with E-state index < -0.39 is 0 Å². The largest absolute Gasteiger partial charge is 0.398 e. The Hall–Kier alpha value is -2.00. The van der Waals surface area contributed by atoms with Gasteiger partial charge in [0, 0.05) is 22.1 Å². The molecule has 0 atom stereocenters. The fraction of sp³-hybridized carbons (Fsp3) is 0.133. The number of anilines is 2. The van der Waals surface area contributed by atoms with Crippen LogP contribution in [0.25, 0.3) is 21.8 Å².